The average Bonchev–Trinajstić information content (AvgIpc) is 3.75. The van der Waals surface area contributed by atoms with E-state index in [1.54, 1.807) is 0 Å². The van der Waals surface area contributed by atoms with Gasteiger partial charge >= 0.3 is 0 Å². The molecule has 55 heavy (non-hydrogen) atoms. The molecular formula is C51H44N4. The maximum atomic E-state index is 4.72. The van der Waals surface area contributed by atoms with Crippen LogP contribution in [0.5, 0.6) is 0 Å². The van der Waals surface area contributed by atoms with Crippen LogP contribution in [0.25, 0.3) is 27.2 Å². The van der Waals surface area contributed by atoms with Crippen molar-refractivity contribution >= 4 is 61.3 Å². The number of aromatic nitrogens is 2. The molecule has 2 atom stereocenters. The van der Waals surface area contributed by atoms with Gasteiger partial charge in [-0.3, -0.25) is 0 Å². The fraction of sp³-hybridized carbons (Fsp3) is 0.118. The van der Waals surface area contributed by atoms with E-state index in [-0.39, 0.29) is 5.92 Å². The van der Waals surface area contributed by atoms with Crippen molar-refractivity contribution in [2.75, 3.05) is 9.80 Å². The maximum absolute atomic E-state index is 4.72. The summed E-state index contributed by atoms with van der Waals surface area (Å²) in [5, 5.41) is 8.48. The number of hydrogen-bond donors (Lipinski definition) is 0. The molecule has 4 heteroatoms. The van der Waals surface area contributed by atoms with Gasteiger partial charge in [0.1, 0.15) is 0 Å². The van der Waals surface area contributed by atoms with Gasteiger partial charge in [-0.25, -0.2) is 4.52 Å². The van der Waals surface area contributed by atoms with Gasteiger partial charge in [-0.15, -0.1) is 0 Å². The summed E-state index contributed by atoms with van der Waals surface area (Å²) in [5.74, 6) is 0.642. The first-order chi connectivity index (χ1) is 27.2. The molecule has 0 aliphatic heterocycles. The second kappa shape index (κ2) is 15.0. The number of hydrogen-bond acceptors (Lipinski definition) is 3. The molecule has 2 heterocycles. The van der Waals surface area contributed by atoms with Crippen molar-refractivity contribution in [3.63, 3.8) is 0 Å². The van der Waals surface area contributed by atoms with Crippen molar-refractivity contribution in [1.29, 1.82) is 0 Å². The normalized spacial score (nSPS) is 12.5. The number of pyridine rings is 1. The number of benzene rings is 7. The summed E-state index contributed by atoms with van der Waals surface area (Å²) in [6, 6.07) is 67.9. The second-order valence-corrected chi connectivity index (χ2v) is 14.5. The van der Waals surface area contributed by atoms with E-state index in [0.717, 1.165) is 58.0 Å². The number of nitrogens with zero attached hydrogens (tertiary/aromatic N) is 4. The van der Waals surface area contributed by atoms with E-state index in [1.165, 1.54) is 27.3 Å². The molecule has 0 fully saturated rings. The van der Waals surface area contributed by atoms with E-state index in [1.807, 2.05) is 6.20 Å². The quantitative estimate of drug-likeness (QED) is 0.125. The Morgan fingerprint density at radius 3 is 1.44 bits per heavy atom. The first-order valence-electron chi connectivity index (χ1n) is 19.4. The lowest BCUT2D eigenvalue weighted by molar-refractivity contribution is 0.545. The standard InChI is InChI=1S/C51H44N4/c1-3-38(39-28-29-50-49(35-39)47-26-16-17-27-48(47)51-30-31-52-55(50)51)32-37(2)40-33-45(53(41-18-8-4-9-19-41)42-20-10-5-11-21-42)36-46(34-40)54(43-22-12-6-13-23-43)44-24-14-7-15-25-44/h4-31,33-38H,3,32H2,1-2H3. The minimum Gasteiger partial charge on any atom is -0.310 e. The highest BCUT2D eigenvalue weighted by Gasteiger charge is 2.23. The van der Waals surface area contributed by atoms with Crippen molar-refractivity contribution in [2.45, 2.75) is 38.5 Å². The fourth-order valence-corrected chi connectivity index (χ4v) is 8.31. The highest BCUT2D eigenvalue weighted by atomic mass is 15.2. The lowest BCUT2D eigenvalue weighted by Crippen LogP contribution is -2.14. The summed E-state index contributed by atoms with van der Waals surface area (Å²) in [6.07, 6.45) is 3.96. The van der Waals surface area contributed by atoms with Crippen molar-refractivity contribution in [2.24, 2.45) is 0 Å². The Balaban J connectivity index is 1.17. The molecular weight excluding hydrogens is 669 g/mol. The predicted molar refractivity (Wildman–Crippen MR) is 232 cm³/mol. The van der Waals surface area contributed by atoms with Crippen molar-refractivity contribution in [3.8, 4) is 0 Å². The largest absolute Gasteiger partial charge is 0.310 e. The fourth-order valence-electron chi connectivity index (χ4n) is 8.31. The molecule has 0 amide bonds. The van der Waals surface area contributed by atoms with E-state index in [2.05, 4.69) is 216 Å². The SMILES string of the molecule is CCC(CC(C)c1cc(N(c2ccccc2)c2ccccc2)cc(N(c2ccccc2)c2ccccc2)c1)c1ccc2c(c1)c1ccccc1c1ccnn12. The molecule has 0 aliphatic rings. The van der Waals surface area contributed by atoms with Crippen LogP contribution in [0.2, 0.25) is 0 Å². The van der Waals surface area contributed by atoms with E-state index in [4.69, 9.17) is 5.10 Å². The molecule has 0 bridgehead atoms. The third kappa shape index (κ3) is 6.61. The molecule has 4 nitrogen and oxygen atoms in total. The summed E-state index contributed by atoms with van der Waals surface area (Å²) in [7, 11) is 0. The highest BCUT2D eigenvalue weighted by Crippen LogP contribution is 2.44. The first-order valence-corrected chi connectivity index (χ1v) is 19.4. The van der Waals surface area contributed by atoms with E-state index in [0.29, 0.717) is 5.92 Å². The maximum Gasteiger partial charge on any atom is 0.0747 e. The predicted octanol–water partition coefficient (Wildman–Crippen LogP) is 14.3. The van der Waals surface area contributed by atoms with Gasteiger partial charge in [-0.05, 0) is 126 Å². The molecule has 2 aromatic heterocycles. The van der Waals surface area contributed by atoms with E-state index < -0.39 is 0 Å². The Kier molecular flexibility index (Phi) is 9.31. The van der Waals surface area contributed by atoms with Gasteiger partial charge in [0.2, 0.25) is 0 Å². The molecule has 0 saturated carbocycles. The molecule has 7 aromatic carbocycles. The zero-order chi connectivity index (χ0) is 37.1. The Bertz CT molecular complexity index is 2510. The number of para-hydroxylation sites is 4. The van der Waals surface area contributed by atoms with Crippen LogP contribution < -0.4 is 9.80 Å². The van der Waals surface area contributed by atoms with Crippen LogP contribution in [0.4, 0.5) is 34.1 Å². The summed E-state index contributed by atoms with van der Waals surface area (Å²) in [5.41, 5.74) is 11.7. The van der Waals surface area contributed by atoms with Gasteiger partial charge in [-0.1, -0.05) is 117 Å². The van der Waals surface area contributed by atoms with Crippen LogP contribution in [0.3, 0.4) is 0 Å². The van der Waals surface area contributed by atoms with Gasteiger partial charge in [0.05, 0.1) is 17.2 Å². The van der Waals surface area contributed by atoms with Gasteiger partial charge in [0, 0.05) is 44.9 Å². The Hall–Kier alpha value is -6.65. The van der Waals surface area contributed by atoms with E-state index in [9.17, 15) is 0 Å². The van der Waals surface area contributed by atoms with Gasteiger partial charge in [0.25, 0.3) is 0 Å². The van der Waals surface area contributed by atoms with Crippen LogP contribution in [0.15, 0.2) is 194 Å². The van der Waals surface area contributed by atoms with Crippen LogP contribution in [-0.4, -0.2) is 9.61 Å². The summed E-state index contributed by atoms with van der Waals surface area (Å²) < 4.78 is 2.09. The van der Waals surface area contributed by atoms with Crippen LogP contribution in [0.1, 0.15) is 49.7 Å². The van der Waals surface area contributed by atoms with E-state index >= 15 is 0 Å². The number of fused-ring (bicyclic) bond motifs is 6. The van der Waals surface area contributed by atoms with Crippen molar-refractivity contribution < 1.29 is 0 Å². The minimum absolute atomic E-state index is 0.270. The molecule has 0 radical (unpaired) electrons. The number of rotatable bonds is 11. The molecule has 9 rings (SSSR count). The molecule has 0 N–H and O–H groups in total. The zero-order valence-corrected chi connectivity index (χ0v) is 31.3. The first kappa shape index (κ1) is 34.1. The topological polar surface area (TPSA) is 23.8 Å². The lowest BCUT2D eigenvalue weighted by atomic mass is 9.83. The Labute approximate surface area is 323 Å². The average molecular weight is 713 g/mol. The molecule has 0 saturated heterocycles. The monoisotopic (exact) mass is 712 g/mol. The van der Waals surface area contributed by atoms with Crippen molar-refractivity contribution in [3.05, 3.63) is 205 Å². The third-order valence-electron chi connectivity index (χ3n) is 11.1. The van der Waals surface area contributed by atoms with Gasteiger partial charge < -0.3 is 9.80 Å². The Morgan fingerprint density at radius 2 is 0.927 bits per heavy atom. The smallest absolute Gasteiger partial charge is 0.0747 e. The van der Waals surface area contributed by atoms with Crippen LogP contribution >= 0.6 is 0 Å². The molecule has 2 unspecified atom stereocenters. The van der Waals surface area contributed by atoms with Gasteiger partial charge in [-0.2, -0.15) is 5.10 Å². The van der Waals surface area contributed by atoms with Crippen molar-refractivity contribution in [1.82, 2.24) is 9.61 Å². The summed E-state index contributed by atoms with van der Waals surface area (Å²) in [4.78, 5) is 4.77. The second-order valence-electron chi connectivity index (χ2n) is 14.5. The molecule has 0 spiro atoms. The summed E-state index contributed by atoms with van der Waals surface area (Å²) in [6.45, 7) is 4.73. The van der Waals surface area contributed by atoms with Gasteiger partial charge in [0.15, 0.2) is 0 Å². The number of anilines is 6. The highest BCUT2D eigenvalue weighted by molar-refractivity contribution is 6.12. The molecule has 0 aliphatic carbocycles. The minimum atomic E-state index is 0.270. The third-order valence-corrected chi connectivity index (χ3v) is 11.1. The molecule has 9 aromatic rings. The molecule has 268 valence electrons. The van der Waals surface area contributed by atoms with Crippen LogP contribution in [-0.2, 0) is 0 Å². The Morgan fingerprint density at radius 1 is 0.455 bits per heavy atom. The zero-order valence-electron chi connectivity index (χ0n) is 31.3. The van der Waals surface area contributed by atoms with Crippen LogP contribution in [0, 0.1) is 0 Å². The lowest BCUT2D eigenvalue weighted by Gasteiger charge is -2.31. The summed E-state index contributed by atoms with van der Waals surface area (Å²) >= 11 is 0.